The molecule has 2 rings (SSSR count). The summed E-state index contributed by atoms with van der Waals surface area (Å²) in [5.74, 6) is 0.484. The number of nitrogens with zero attached hydrogens (tertiary/aromatic N) is 1. The molecule has 2 aromatic rings. The maximum atomic E-state index is 12.0. The lowest BCUT2D eigenvalue weighted by molar-refractivity contribution is 0.158. The van der Waals surface area contributed by atoms with Crippen molar-refractivity contribution in [2.45, 2.75) is 13.5 Å². The van der Waals surface area contributed by atoms with Gasteiger partial charge >= 0.3 is 6.09 Å². The average Bonchev–Trinajstić information content (AvgIpc) is 2.91. The molecule has 0 N–H and O–H groups in total. The van der Waals surface area contributed by atoms with Gasteiger partial charge in [0.15, 0.2) is 0 Å². The molecule has 0 aliphatic rings. The van der Waals surface area contributed by atoms with Crippen LogP contribution in [0.4, 0.5) is 10.7 Å². The van der Waals surface area contributed by atoms with Gasteiger partial charge in [-0.2, -0.15) is 0 Å². The highest BCUT2D eigenvalue weighted by molar-refractivity contribution is 14.1. The first-order chi connectivity index (χ1) is 9.22. The van der Waals surface area contributed by atoms with Crippen LogP contribution in [0.25, 0.3) is 0 Å². The minimum Gasteiger partial charge on any atom is -0.449 e. The molecule has 0 saturated heterocycles. The monoisotopic (exact) mass is 371 g/mol. The van der Waals surface area contributed by atoms with Gasteiger partial charge in [0.2, 0.25) is 5.88 Å². The van der Waals surface area contributed by atoms with Crippen molar-refractivity contribution < 1.29 is 13.9 Å². The van der Waals surface area contributed by atoms with Crippen LogP contribution in [0.5, 0.6) is 0 Å². The van der Waals surface area contributed by atoms with Crippen molar-refractivity contribution >= 4 is 34.6 Å². The molecular weight excluding hydrogens is 357 g/mol. The molecule has 0 saturated carbocycles. The fourth-order valence-electron chi connectivity index (χ4n) is 1.65. The Morgan fingerprint density at radius 2 is 2.11 bits per heavy atom. The zero-order valence-corrected chi connectivity index (χ0v) is 12.7. The van der Waals surface area contributed by atoms with Crippen molar-refractivity contribution in [3.8, 4) is 0 Å². The number of amides is 1. The summed E-state index contributed by atoms with van der Waals surface area (Å²) >= 11 is 2.25. The maximum absolute atomic E-state index is 12.0. The van der Waals surface area contributed by atoms with Gasteiger partial charge in [0.05, 0.1) is 19.4 Å². The van der Waals surface area contributed by atoms with E-state index in [4.69, 9.17) is 9.15 Å². The lowest BCUT2D eigenvalue weighted by Crippen LogP contribution is -2.31. The first kappa shape index (κ1) is 13.9. The summed E-state index contributed by atoms with van der Waals surface area (Å²) in [6, 6.07) is 11.4. The van der Waals surface area contributed by atoms with Crippen LogP contribution < -0.4 is 4.90 Å². The maximum Gasteiger partial charge on any atom is 0.416 e. The van der Waals surface area contributed by atoms with Crippen LogP contribution in [0.2, 0.25) is 0 Å². The second-order valence-corrected chi connectivity index (χ2v) is 4.99. The quantitative estimate of drug-likeness (QED) is 0.762. The Labute approximate surface area is 125 Å². The molecule has 4 nitrogen and oxygen atoms in total. The van der Waals surface area contributed by atoms with E-state index in [0.717, 1.165) is 9.13 Å². The molecule has 0 spiro atoms. The smallest absolute Gasteiger partial charge is 0.416 e. The van der Waals surface area contributed by atoms with Crippen LogP contribution >= 0.6 is 22.6 Å². The van der Waals surface area contributed by atoms with Gasteiger partial charge in [-0.1, -0.05) is 18.2 Å². The minimum atomic E-state index is -0.405. The third-order valence-corrected chi connectivity index (χ3v) is 3.60. The average molecular weight is 371 g/mol. The third kappa shape index (κ3) is 3.50. The summed E-state index contributed by atoms with van der Waals surface area (Å²) in [6.45, 7) is 2.54. The Morgan fingerprint density at radius 3 is 2.74 bits per heavy atom. The molecule has 19 heavy (non-hydrogen) atoms. The Kier molecular flexibility index (Phi) is 4.84. The topological polar surface area (TPSA) is 42.7 Å². The van der Waals surface area contributed by atoms with Crippen LogP contribution in [0.1, 0.15) is 12.5 Å². The number of rotatable bonds is 4. The molecule has 1 heterocycles. The van der Waals surface area contributed by atoms with E-state index in [1.165, 1.54) is 11.2 Å². The highest BCUT2D eigenvalue weighted by Gasteiger charge is 2.20. The van der Waals surface area contributed by atoms with Gasteiger partial charge in [-0.25, -0.2) is 9.69 Å². The molecule has 0 radical (unpaired) electrons. The Balaban J connectivity index is 2.24. The lowest BCUT2D eigenvalue weighted by atomic mass is 10.2. The van der Waals surface area contributed by atoms with E-state index < -0.39 is 6.09 Å². The molecule has 0 fully saturated rings. The number of furan rings is 1. The van der Waals surface area contributed by atoms with Crippen molar-refractivity contribution in [1.29, 1.82) is 0 Å². The van der Waals surface area contributed by atoms with Crippen molar-refractivity contribution in [3.63, 3.8) is 0 Å². The highest BCUT2D eigenvalue weighted by Crippen LogP contribution is 2.21. The van der Waals surface area contributed by atoms with Gasteiger partial charge in [0.25, 0.3) is 0 Å². The number of carbonyl (C=O) groups is 1. The highest BCUT2D eigenvalue weighted by atomic mass is 127. The predicted octanol–water partition coefficient (Wildman–Crippen LogP) is 4.05. The fourth-order valence-corrected chi connectivity index (χ4v) is 2.21. The fraction of sp³-hybridized carbons (Fsp3) is 0.214. The number of carbonyl (C=O) groups excluding carboxylic acids is 1. The Hall–Kier alpha value is -1.50. The molecule has 1 amide bonds. The van der Waals surface area contributed by atoms with Gasteiger partial charge < -0.3 is 9.15 Å². The van der Waals surface area contributed by atoms with Gasteiger partial charge in [-0.3, -0.25) is 0 Å². The molecule has 5 heteroatoms. The van der Waals surface area contributed by atoms with Crippen LogP contribution in [0, 0.1) is 3.57 Å². The number of halogens is 1. The summed E-state index contributed by atoms with van der Waals surface area (Å²) < 4.78 is 11.5. The second kappa shape index (κ2) is 6.60. The normalized spacial score (nSPS) is 10.2. The summed E-state index contributed by atoms with van der Waals surface area (Å²) in [5.41, 5.74) is 1.05. The molecule has 0 aliphatic heterocycles. The number of benzene rings is 1. The van der Waals surface area contributed by atoms with E-state index >= 15 is 0 Å². The predicted molar refractivity (Wildman–Crippen MR) is 81.1 cm³/mol. The summed E-state index contributed by atoms with van der Waals surface area (Å²) in [7, 11) is 0. The van der Waals surface area contributed by atoms with E-state index in [9.17, 15) is 4.79 Å². The summed E-state index contributed by atoms with van der Waals surface area (Å²) in [5, 5.41) is 0. The molecule has 1 aromatic carbocycles. The number of anilines is 1. The number of hydrogen-bond acceptors (Lipinski definition) is 3. The molecule has 0 atom stereocenters. The first-order valence-corrected chi connectivity index (χ1v) is 7.01. The van der Waals surface area contributed by atoms with E-state index in [-0.39, 0.29) is 0 Å². The van der Waals surface area contributed by atoms with Crippen LogP contribution in [-0.4, -0.2) is 12.7 Å². The van der Waals surface area contributed by atoms with Gasteiger partial charge in [-0.15, -0.1) is 0 Å². The molecule has 0 aliphatic carbocycles. The minimum absolute atomic E-state index is 0.335. The van der Waals surface area contributed by atoms with Gasteiger partial charge in [-0.05, 0) is 47.2 Å². The van der Waals surface area contributed by atoms with Crippen LogP contribution in [0.15, 0.2) is 47.1 Å². The molecule has 1 aromatic heterocycles. The van der Waals surface area contributed by atoms with Crippen molar-refractivity contribution in [1.82, 2.24) is 0 Å². The van der Waals surface area contributed by atoms with Crippen LogP contribution in [0.3, 0.4) is 0 Å². The number of ether oxygens (including phenoxy) is 1. The first-order valence-electron chi connectivity index (χ1n) is 5.93. The van der Waals surface area contributed by atoms with Crippen molar-refractivity contribution in [2.75, 3.05) is 11.5 Å². The second-order valence-electron chi connectivity index (χ2n) is 3.83. The summed E-state index contributed by atoms with van der Waals surface area (Å²) in [6.07, 6.45) is 1.13. The van der Waals surface area contributed by atoms with Crippen molar-refractivity contribution in [3.05, 3.63) is 51.8 Å². The van der Waals surface area contributed by atoms with Crippen LogP contribution in [-0.2, 0) is 11.3 Å². The zero-order chi connectivity index (χ0) is 13.7. The van der Waals surface area contributed by atoms with Gasteiger partial charge in [0.1, 0.15) is 0 Å². The van der Waals surface area contributed by atoms with E-state index in [0.29, 0.717) is 19.0 Å². The molecule has 100 valence electrons. The van der Waals surface area contributed by atoms with Gasteiger partial charge in [0, 0.05) is 9.64 Å². The lowest BCUT2D eigenvalue weighted by Gasteiger charge is -2.19. The largest absolute Gasteiger partial charge is 0.449 e. The Bertz CT molecular complexity index is 539. The standard InChI is InChI=1S/C14H14INO3/c1-2-18-14(17)16(13-8-5-9-19-13)10-11-6-3-4-7-12(11)15/h3-9H,2,10H2,1H3. The SMILES string of the molecule is CCOC(=O)N(Cc1ccccc1I)c1ccco1. The molecule has 0 unspecified atom stereocenters. The van der Waals surface area contributed by atoms with E-state index in [2.05, 4.69) is 22.6 Å². The zero-order valence-electron chi connectivity index (χ0n) is 10.5. The van der Waals surface area contributed by atoms with Crippen molar-refractivity contribution in [2.24, 2.45) is 0 Å². The Morgan fingerprint density at radius 1 is 1.32 bits per heavy atom. The van der Waals surface area contributed by atoms with E-state index in [1.807, 2.05) is 24.3 Å². The molecule has 0 bridgehead atoms. The summed E-state index contributed by atoms with van der Waals surface area (Å²) in [4.78, 5) is 13.5. The molecular formula is C14H14INO3. The van der Waals surface area contributed by atoms with E-state index in [1.54, 1.807) is 19.1 Å². The third-order valence-electron chi connectivity index (χ3n) is 2.55. The number of hydrogen-bond donors (Lipinski definition) is 0.